The van der Waals surface area contributed by atoms with Gasteiger partial charge in [-0.3, -0.25) is 9.59 Å². The van der Waals surface area contributed by atoms with Crippen molar-refractivity contribution in [2.45, 2.75) is 31.6 Å². The zero-order valence-electron chi connectivity index (χ0n) is 19.2. The Hall–Kier alpha value is -3.30. The molecule has 3 aromatic rings. The van der Waals surface area contributed by atoms with Crippen LogP contribution in [0.1, 0.15) is 34.7 Å². The van der Waals surface area contributed by atoms with E-state index in [9.17, 15) is 9.59 Å². The van der Waals surface area contributed by atoms with Crippen LogP contribution in [0.4, 0.5) is 5.69 Å². The largest absolute Gasteiger partial charge is 0.497 e. The third-order valence-electron chi connectivity index (χ3n) is 4.93. The summed E-state index contributed by atoms with van der Waals surface area (Å²) in [6, 6.07) is 11.8. The zero-order valence-corrected chi connectivity index (χ0v) is 20.7. The smallest absolute Gasteiger partial charge is 0.251 e. The van der Waals surface area contributed by atoms with E-state index in [1.54, 1.807) is 49.6 Å². The molecule has 1 heterocycles. The summed E-state index contributed by atoms with van der Waals surface area (Å²) in [7, 11) is 1.57. The molecule has 0 aliphatic heterocycles. The Bertz CT molecular complexity index is 1180. The monoisotopic (exact) mass is 499 g/mol. The molecule has 178 valence electrons. The number of thioether (sulfide) groups is 1. The standard InChI is InChI=1S/C24H26ClN5O3S/c1-5-12-30-22(16(3)26-23(32)17-7-10-19(33-4)11-8-17)28-29-24(30)34-14-21(31)27-18-9-6-15(2)20(25)13-18/h5-11,13,16H,1,12,14H2,2-4H3,(H,26,32)(H,27,31)/t16-/m1/s1. The van der Waals surface area contributed by atoms with Crippen LogP contribution in [-0.2, 0) is 11.3 Å². The molecule has 0 radical (unpaired) electrons. The lowest BCUT2D eigenvalue weighted by molar-refractivity contribution is -0.113. The molecular formula is C24H26ClN5O3S. The van der Waals surface area contributed by atoms with Crippen molar-refractivity contribution < 1.29 is 14.3 Å². The molecule has 0 fully saturated rings. The first kappa shape index (κ1) is 25.3. The van der Waals surface area contributed by atoms with Gasteiger partial charge in [-0.1, -0.05) is 35.5 Å². The Morgan fingerprint density at radius 2 is 1.97 bits per heavy atom. The van der Waals surface area contributed by atoms with E-state index in [2.05, 4.69) is 27.4 Å². The van der Waals surface area contributed by atoms with Gasteiger partial charge in [0.25, 0.3) is 5.91 Å². The van der Waals surface area contributed by atoms with Gasteiger partial charge < -0.3 is 19.9 Å². The van der Waals surface area contributed by atoms with E-state index in [1.165, 1.54) is 11.8 Å². The fourth-order valence-electron chi connectivity index (χ4n) is 3.11. The fraction of sp³-hybridized carbons (Fsp3) is 0.250. The number of aromatic nitrogens is 3. The fourth-order valence-corrected chi connectivity index (χ4v) is 4.05. The number of ether oxygens (including phenoxy) is 1. The molecule has 0 saturated carbocycles. The molecule has 1 atom stereocenters. The molecule has 2 N–H and O–H groups in total. The highest BCUT2D eigenvalue weighted by molar-refractivity contribution is 7.99. The summed E-state index contributed by atoms with van der Waals surface area (Å²) in [6.45, 7) is 7.95. The van der Waals surface area contributed by atoms with Gasteiger partial charge in [-0.25, -0.2) is 0 Å². The van der Waals surface area contributed by atoms with Crippen LogP contribution in [0.25, 0.3) is 0 Å². The molecule has 8 nitrogen and oxygen atoms in total. The predicted octanol–water partition coefficient (Wildman–Crippen LogP) is 4.66. The summed E-state index contributed by atoms with van der Waals surface area (Å²) >= 11 is 7.37. The number of anilines is 1. The summed E-state index contributed by atoms with van der Waals surface area (Å²) in [6.07, 6.45) is 1.71. The number of aryl methyl sites for hydroxylation is 1. The number of benzene rings is 2. The maximum atomic E-state index is 12.6. The van der Waals surface area contributed by atoms with Gasteiger partial charge in [0, 0.05) is 22.8 Å². The maximum absolute atomic E-state index is 12.6. The van der Waals surface area contributed by atoms with Crippen molar-refractivity contribution in [3.8, 4) is 5.75 Å². The molecule has 3 rings (SSSR count). The third kappa shape index (κ3) is 6.39. The second-order valence-electron chi connectivity index (χ2n) is 7.46. The molecule has 1 aromatic heterocycles. The minimum Gasteiger partial charge on any atom is -0.497 e. The first-order chi connectivity index (χ1) is 16.3. The summed E-state index contributed by atoms with van der Waals surface area (Å²) < 4.78 is 6.95. The van der Waals surface area contributed by atoms with Gasteiger partial charge in [0.05, 0.1) is 18.9 Å². The molecule has 2 amide bonds. The van der Waals surface area contributed by atoms with E-state index >= 15 is 0 Å². The number of hydrogen-bond donors (Lipinski definition) is 2. The summed E-state index contributed by atoms with van der Waals surface area (Å²) in [5.41, 5.74) is 2.07. The quantitative estimate of drug-likeness (QED) is 0.311. The van der Waals surface area contributed by atoms with Crippen molar-refractivity contribution in [2.75, 3.05) is 18.2 Å². The van der Waals surface area contributed by atoms with Gasteiger partial charge in [0.2, 0.25) is 5.91 Å². The average Bonchev–Trinajstić information content (AvgIpc) is 3.23. The number of amides is 2. The molecule has 0 aliphatic rings. The van der Waals surface area contributed by atoms with Gasteiger partial charge in [-0.05, 0) is 55.8 Å². The number of nitrogens with one attached hydrogen (secondary N) is 2. The van der Waals surface area contributed by atoms with Gasteiger partial charge >= 0.3 is 0 Å². The number of rotatable bonds is 10. The van der Waals surface area contributed by atoms with Crippen LogP contribution in [0.3, 0.4) is 0 Å². The van der Waals surface area contributed by atoms with E-state index in [4.69, 9.17) is 16.3 Å². The Balaban J connectivity index is 1.65. The Kier molecular flexibility index (Phi) is 8.72. The lowest BCUT2D eigenvalue weighted by Crippen LogP contribution is -2.28. The van der Waals surface area contributed by atoms with Crippen LogP contribution < -0.4 is 15.4 Å². The minimum absolute atomic E-state index is 0.132. The summed E-state index contributed by atoms with van der Waals surface area (Å²) in [5, 5.41) is 15.4. The molecule has 2 aromatic carbocycles. The third-order valence-corrected chi connectivity index (χ3v) is 6.31. The van der Waals surface area contributed by atoms with Gasteiger partial charge in [-0.15, -0.1) is 16.8 Å². The van der Waals surface area contributed by atoms with Crippen molar-refractivity contribution >= 4 is 40.9 Å². The molecule has 0 unspecified atom stereocenters. The average molecular weight is 500 g/mol. The van der Waals surface area contributed by atoms with Gasteiger partial charge in [0.1, 0.15) is 5.75 Å². The first-order valence-electron chi connectivity index (χ1n) is 10.5. The van der Waals surface area contributed by atoms with E-state index in [-0.39, 0.29) is 17.6 Å². The van der Waals surface area contributed by atoms with Gasteiger partial charge in [0.15, 0.2) is 11.0 Å². The normalized spacial score (nSPS) is 11.5. The Morgan fingerprint density at radius 1 is 1.24 bits per heavy atom. The Morgan fingerprint density at radius 3 is 2.62 bits per heavy atom. The Labute approximate surface area is 207 Å². The molecule has 0 saturated heterocycles. The van der Waals surface area contributed by atoms with E-state index in [0.717, 1.165) is 5.56 Å². The van der Waals surface area contributed by atoms with Crippen molar-refractivity contribution in [3.63, 3.8) is 0 Å². The van der Waals surface area contributed by atoms with Crippen LogP contribution in [0.2, 0.25) is 5.02 Å². The SMILES string of the molecule is C=CCn1c(SCC(=O)Nc2ccc(C)c(Cl)c2)nnc1[C@@H](C)NC(=O)c1ccc(OC)cc1. The van der Waals surface area contributed by atoms with E-state index in [0.29, 0.717) is 39.5 Å². The van der Waals surface area contributed by atoms with Crippen LogP contribution in [0, 0.1) is 6.92 Å². The molecule has 10 heteroatoms. The van der Waals surface area contributed by atoms with E-state index in [1.807, 2.05) is 24.5 Å². The van der Waals surface area contributed by atoms with Crippen LogP contribution in [-0.4, -0.2) is 39.4 Å². The zero-order chi connectivity index (χ0) is 24.7. The first-order valence-corrected chi connectivity index (χ1v) is 11.9. The molecule has 0 spiro atoms. The lowest BCUT2D eigenvalue weighted by atomic mass is 10.2. The molecule has 34 heavy (non-hydrogen) atoms. The topological polar surface area (TPSA) is 98.1 Å². The summed E-state index contributed by atoms with van der Waals surface area (Å²) in [5.74, 6) is 0.934. The number of nitrogens with zero attached hydrogens (tertiary/aromatic N) is 3. The second kappa shape index (κ2) is 11.7. The highest BCUT2D eigenvalue weighted by Crippen LogP contribution is 2.23. The highest BCUT2D eigenvalue weighted by atomic mass is 35.5. The molecular weight excluding hydrogens is 474 g/mol. The van der Waals surface area contributed by atoms with Crippen molar-refractivity contribution in [3.05, 3.63) is 77.1 Å². The van der Waals surface area contributed by atoms with E-state index < -0.39 is 6.04 Å². The molecule has 0 bridgehead atoms. The van der Waals surface area contributed by atoms with Crippen molar-refractivity contribution in [1.82, 2.24) is 20.1 Å². The second-order valence-corrected chi connectivity index (χ2v) is 8.81. The predicted molar refractivity (Wildman–Crippen MR) is 135 cm³/mol. The molecule has 0 aliphatic carbocycles. The number of allylic oxidation sites excluding steroid dienone is 1. The highest BCUT2D eigenvalue weighted by Gasteiger charge is 2.20. The van der Waals surface area contributed by atoms with Crippen LogP contribution in [0.15, 0.2) is 60.3 Å². The lowest BCUT2D eigenvalue weighted by Gasteiger charge is -2.15. The summed E-state index contributed by atoms with van der Waals surface area (Å²) in [4.78, 5) is 25.1. The minimum atomic E-state index is -0.417. The number of hydrogen-bond acceptors (Lipinski definition) is 6. The van der Waals surface area contributed by atoms with Gasteiger partial charge in [-0.2, -0.15) is 0 Å². The van der Waals surface area contributed by atoms with Crippen LogP contribution in [0.5, 0.6) is 5.75 Å². The number of methoxy groups -OCH3 is 1. The number of halogens is 1. The van der Waals surface area contributed by atoms with Crippen LogP contribution >= 0.6 is 23.4 Å². The number of carbonyl (C=O) groups excluding carboxylic acids is 2. The number of carbonyl (C=O) groups is 2. The van der Waals surface area contributed by atoms with Crippen molar-refractivity contribution in [2.24, 2.45) is 0 Å². The maximum Gasteiger partial charge on any atom is 0.251 e. The van der Waals surface area contributed by atoms with Crippen molar-refractivity contribution in [1.29, 1.82) is 0 Å².